The fourth-order valence-electron chi connectivity index (χ4n) is 8.56. The lowest BCUT2D eigenvalue weighted by atomic mass is 9.51. The highest BCUT2D eigenvalue weighted by Gasteiger charge is 2.59. The molecule has 0 aromatic heterocycles. The van der Waals surface area contributed by atoms with Crippen LogP contribution < -0.4 is 0 Å². The van der Waals surface area contributed by atoms with E-state index in [1.807, 2.05) is 0 Å². The standard InChI is InChI=1S/C38H25Br/c39-35-23-11-22-34-36(35)26-14-3-6-17-29(26)38(34)32-20-9-7-18-30(32)37(31-19-8-10-21-33(31)38)27-15-4-1-12-24(27)25-13-2-5-16-28(25)37/h1-5,7-16,18-23H,6,17H2. The number of hydrogen-bond donors (Lipinski definition) is 0. The lowest BCUT2D eigenvalue weighted by Crippen LogP contribution is -2.44. The predicted octanol–water partition coefficient (Wildman–Crippen LogP) is 9.58. The Kier molecular flexibility index (Phi) is 4.27. The molecular weight excluding hydrogens is 536 g/mol. The molecule has 184 valence electrons. The molecular formula is C38H25Br. The normalized spacial score (nSPS) is 17.9. The summed E-state index contributed by atoms with van der Waals surface area (Å²) in [5.41, 5.74) is 16.2. The van der Waals surface area contributed by atoms with Crippen molar-refractivity contribution in [1.82, 2.24) is 0 Å². The van der Waals surface area contributed by atoms with Crippen LogP contribution in [0.5, 0.6) is 0 Å². The molecule has 39 heavy (non-hydrogen) atoms. The van der Waals surface area contributed by atoms with E-state index in [2.05, 4.69) is 143 Å². The Bertz CT molecular complexity index is 1840. The molecule has 5 aromatic carbocycles. The Morgan fingerprint density at radius 3 is 1.56 bits per heavy atom. The molecule has 0 saturated carbocycles. The van der Waals surface area contributed by atoms with Gasteiger partial charge in [-0.1, -0.05) is 137 Å². The average Bonchev–Trinajstić information content (AvgIpc) is 3.46. The number of rotatable bonds is 0. The van der Waals surface area contributed by atoms with E-state index in [0.29, 0.717) is 0 Å². The summed E-state index contributed by atoms with van der Waals surface area (Å²) in [6.07, 6.45) is 6.88. The number of allylic oxidation sites excluding steroid dienone is 4. The zero-order valence-corrected chi connectivity index (χ0v) is 23.0. The van der Waals surface area contributed by atoms with Crippen molar-refractivity contribution in [1.29, 1.82) is 0 Å². The monoisotopic (exact) mass is 560 g/mol. The molecule has 1 heteroatoms. The first-order valence-electron chi connectivity index (χ1n) is 13.9. The van der Waals surface area contributed by atoms with Gasteiger partial charge in [0.1, 0.15) is 0 Å². The largest absolute Gasteiger partial charge is 0.0836 e. The van der Waals surface area contributed by atoms with E-state index in [-0.39, 0.29) is 10.8 Å². The van der Waals surface area contributed by atoms with E-state index in [4.69, 9.17) is 0 Å². The van der Waals surface area contributed by atoms with Crippen LogP contribution in [-0.2, 0) is 10.8 Å². The first-order chi connectivity index (χ1) is 19.3. The summed E-state index contributed by atoms with van der Waals surface area (Å²) in [5.74, 6) is 0. The van der Waals surface area contributed by atoms with E-state index in [0.717, 1.165) is 12.8 Å². The van der Waals surface area contributed by atoms with E-state index in [9.17, 15) is 0 Å². The molecule has 5 aromatic rings. The minimum absolute atomic E-state index is 0.315. The summed E-state index contributed by atoms with van der Waals surface area (Å²) >= 11 is 3.97. The zero-order chi connectivity index (χ0) is 25.8. The highest BCUT2D eigenvalue weighted by Crippen LogP contribution is 2.68. The van der Waals surface area contributed by atoms with Gasteiger partial charge in [-0.05, 0) is 80.1 Å². The predicted molar refractivity (Wildman–Crippen MR) is 163 cm³/mol. The Morgan fingerprint density at radius 1 is 0.487 bits per heavy atom. The van der Waals surface area contributed by atoms with E-state index < -0.39 is 0 Å². The van der Waals surface area contributed by atoms with Gasteiger partial charge in [0, 0.05) is 10.0 Å². The van der Waals surface area contributed by atoms with Crippen LogP contribution in [-0.4, -0.2) is 0 Å². The third-order valence-electron chi connectivity index (χ3n) is 9.73. The van der Waals surface area contributed by atoms with Crippen LogP contribution in [0.4, 0.5) is 0 Å². The van der Waals surface area contributed by atoms with Gasteiger partial charge >= 0.3 is 0 Å². The maximum atomic E-state index is 3.97. The molecule has 0 amide bonds. The molecule has 2 spiro atoms. The van der Waals surface area contributed by atoms with Gasteiger partial charge in [0.05, 0.1) is 10.8 Å². The van der Waals surface area contributed by atoms with Crippen LogP contribution in [0.2, 0.25) is 0 Å². The van der Waals surface area contributed by atoms with Gasteiger partial charge in [-0.15, -0.1) is 0 Å². The van der Waals surface area contributed by atoms with Crippen molar-refractivity contribution >= 4 is 21.5 Å². The summed E-state index contributed by atoms with van der Waals surface area (Å²) in [6, 6.07) is 43.7. The molecule has 0 heterocycles. The van der Waals surface area contributed by atoms with Crippen molar-refractivity contribution in [3.8, 4) is 11.1 Å². The number of fused-ring (bicyclic) bond motifs is 15. The Hall–Kier alpha value is -3.94. The summed E-state index contributed by atoms with van der Waals surface area (Å²) < 4.78 is 1.18. The third kappa shape index (κ3) is 2.39. The Morgan fingerprint density at radius 2 is 0.974 bits per heavy atom. The second-order valence-corrected chi connectivity index (χ2v) is 12.0. The third-order valence-corrected chi connectivity index (χ3v) is 10.4. The second-order valence-electron chi connectivity index (χ2n) is 11.2. The maximum Gasteiger partial charge on any atom is 0.0719 e. The fourth-order valence-corrected chi connectivity index (χ4v) is 9.14. The van der Waals surface area contributed by atoms with Gasteiger partial charge in [0.25, 0.3) is 0 Å². The van der Waals surface area contributed by atoms with Gasteiger partial charge in [-0.2, -0.15) is 0 Å². The fraction of sp³-hybridized carbons (Fsp3) is 0.105. The average molecular weight is 562 g/mol. The number of hydrogen-bond acceptors (Lipinski definition) is 0. The molecule has 0 nitrogen and oxygen atoms in total. The molecule has 0 N–H and O–H groups in total. The van der Waals surface area contributed by atoms with Crippen molar-refractivity contribution in [2.24, 2.45) is 0 Å². The van der Waals surface area contributed by atoms with Gasteiger partial charge < -0.3 is 0 Å². The highest BCUT2D eigenvalue weighted by molar-refractivity contribution is 9.10. The first-order valence-corrected chi connectivity index (χ1v) is 14.7. The van der Waals surface area contributed by atoms with Gasteiger partial charge in [-0.25, -0.2) is 0 Å². The molecule has 0 atom stereocenters. The van der Waals surface area contributed by atoms with Gasteiger partial charge in [0.15, 0.2) is 0 Å². The molecule has 4 aliphatic rings. The maximum absolute atomic E-state index is 3.97. The van der Waals surface area contributed by atoms with Crippen LogP contribution in [0, 0.1) is 0 Å². The Balaban J connectivity index is 1.52. The van der Waals surface area contributed by atoms with Crippen molar-refractivity contribution in [2.75, 3.05) is 0 Å². The van der Waals surface area contributed by atoms with Crippen LogP contribution in [0.3, 0.4) is 0 Å². The smallest absolute Gasteiger partial charge is 0.0719 e. The highest BCUT2D eigenvalue weighted by atomic mass is 79.9. The minimum Gasteiger partial charge on any atom is -0.0836 e. The molecule has 0 unspecified atom stereocenters. The molecule has 0 radical (unpaired) electrons. The lowest BCUT2D eigenvalue weighted by molar-refractivity contribution is 0.605. The van der Waals surface area contributed by atoms with Crippen LogP contribution in [0.15, 0.2) is 137 Å². The zero-order valence-electron chi connectivity index (χ0n) is 21.4. The van der Waals surface area contributed by atoms with Crippen molar-refractivity contribution in [3.63, 3.8) is 0 Å². The molecule has 0 saturated heterocycles. The molecule has 0 aliphatic heterocycles. The van der Waals surface area contributed by atoms with E-state index in [1.54, 1.807) is 5.57 Å². The van der Waals surface area contributed by atoms with Crippen LogP contribution in [0.25, 0.3) is 16.7 Å². The van der Waals surface area contributed by atoms with Crippen molar-refractivity contribution in [2.45, 2.75) is 23.7 Å². The molecule has 9 rings (SSSR count). The summed E-state index contributed by atoms with van der Waals surface area (Å²) in [5, 5.41) is 0. The van der Waals surface area contributed by atoms with Crippen LogP contribution >= 0.6 is 15.9 Å². The summed E-state index contributed by atoms with van der Waals surface area (Å²) in [7, 11) is 0. The molecule has 0 fully saturated rings. The summed E-state index contributed by atoms with van der Waals surface area (Å²) in [4.78, 5) is 0. The quantitative estimate of drug-likeness (QED) is 0.173. The van der Waals surface area contributed by atoms with Crippen molar-refractivity contribution < 1.29 is 0 Å². The number of benzene rings is 5. The van der Waals surface area contributed by atoms with E-state index >= 15 is 0 Å². The SMILES string of the molecule is Brc1cccc2c1C1=C(CCC=C1)C21c2ccccc2C2(c3ccccc3-c3ccccc32)c2ccccc21. The van der Waals surface area contributed by atoms with E-state index in [1.165, 1.54) is 65.7 Å². The molecule has 0 bridgehead atoms. The van der Waals surface area contributed by atoms with Crippen molar-refractivity contribution in [3.05, 3.63) is 182 Å². The Labute approximate surface area is 237 Å². The van der Waals surface area contributed by atoms with Gasteiger partial charge in [-0.3, -0.25) is 0 Å². The number of halogens is 1. The lowest BCUT2D eigenvalue weighted by Gasteiger charge is -2.49. The van der Waals surface area contributed by atoms with Gasteiger partial charge in [0.2, 0.25) is 0 Å². The topological polar surface area (TPSA) is 0 Å². The minimum atomic E-state index is -0.356. The molecule has 4 aliphatic carbocycles. The first kappa shape index (κ1) is 21.9. The second kappa shape index (κ2) is 7.58. The summed E-state index contributed by atoms with van der Waals surface area (Å²) in [6.45, 7) is 0. The van der Waals surface area contributed by atoms with Crippen LogP contribution in [0.1, 0.15) is 57.3 Å².